The van der Waals surface area contributed by atoms with E-state index in [0.717, 1.165) is 0 Å². The Balaban J connectivity index is 2.46. The number of carboxylic acids is 1. The summed E-state index contributed by atoms with van der Waals surface area (Å²) in [6.07, 6.45) is 1.38. The van der Waals surface area contributed by atoms with E-state index in [2.05, 4.69) is 20.8 Å². The topological polar surface area (TPSA) is 212 Å². The van der Waals surface area contributed by atoms with Crippen molar-refractivity contribution in [2.45, 2.75) is 44.3 Å². The average molecular weight is 357 g/mol. The first kappa shape index (κ1) is 20.3. The van der Waals surface area contributed by atoms with Crippen molar-refractivity contribution in [2.75, 3.05) is 6.54 Å². The molecule has 0 unspecified atom stereocenters. The van der Waals surface area contributed by atoms with Crippen LogP contribution in [-0.2, 0) is 16.1 Å². The van der Waals surface area contributed by atoms with Gasteiger partial charge in [-0.05, 0) is 25.8 Å². The summed E-state index contributed by atoms with van der Waals surface area (Å²) >= 11 is 0. The van der Waals surface area contributed by atoms with Crippen molar-refractivity contribution in [2.24, 2.45) is 17.2 Å². The lowest BCUT2D eigenvalue weighted by atomic mass is 10.1. The summed E-state index contributed by atoms with van der Waals surface area (Å²) in [6, 6.07) is -2.52. The van der Waals surface area contributed by atoms with Gasteiger partial charge in [-0.25, -0.2) is 9.59 Å². The number of nitrogens with two attached hydrogens (primary N) is 3. The molecule has 1 aromatic heterocycles. The number of aromatic nitrogens is 2. The molecule has 2 atom stereocenters. The maximum Gasteiger partial charge on any atom is 0.326 e. The molecule has 0 aromatic carbocycles. The molecule has 1 rings (SSSR count). The quantitative estimate of drug-likeness (QED) is 0.249. The second kappa shape index (κ2) is 10.2. The van der Waals surface area contributed by atoms with E-state index in [0.29, 0.717) is 19.4 Å². The summed E-state index contributed by atoms with van der Waals surface area (Å²) in [7, 11) is 0. The zero-order valence-corrected chi connectivity index (χ0v) is 13.6. The number of rotatable bonds is 11. The van der Waals surface area contributed by atoms with Gasteiger partial charge in [0.05, 0.1) is 12.6 Å². The van der Waals surface area contributed by atoms with Gasteiger partial charge in [0.2, 0.25) is 11.8 Å². The highest BCUT2D eigenvalue weighted by Crippen LogP contribution is 2.09. The molecule has 140 valence electrons. The van der Waals surface area contributed by atoms with Crippen molar-refractivity contribution >= 4 is 17.9 Å². The number of carbonyl (C=O) groups excluding carboxylic acids is 2. The minimum absolute atomic E-state index is 0.0556. The van der Waals surface area contributed by atoms with E-state index in [1.54, 1.807) is 0 Å². The summed E-state index contributed by atoms with van der Waals surface area (Å²) in [4.78, 5) is 37.6. The minimum Gasteiger partial charge on any atom is -0.480 e. The van der Waals surface area contributed by atoms with Gasteiger partial charge in [0.15, 0.2) is 5.82 Å². The summed E-state index contributed by atoms with van der Waals surface area (Å²) < 4.78 is 4.88. The molecule has 9 N–H and O–H groups in total. The standard InChI is InChI=1S/C13H23N7O5/c14-4-2-1-3-8(12(22)23)18-13(24)17-6-10-19-11(20-25-10)7(15)5-9(16)21/h7-8H,1-6,14-15H2,(H2,16,21)(H,22,23)(H2,17,18,24)/t7-,8-/m0/s1. The van der Waals surface area contributed by atoms with Crippen molar-refractivity contribution < 1.29 is 24.0 Å². The van der Waals surface area contributed by atoms with E-state index in [4.69, 9.17) is 26.8 Å². The molecule has 0 aliphatic rings. The fraction of sp³-hybridized carbons (Fsp3) is 0.615. The van der Waals surface area contributed by atoms with Crippen LogP contribution in [0.4, 0.5) is 4.79 Å². The monoisotopic (exact) mass is 357 g/mol. The van der Waals surface area contributed by atoms with Gasteiger partial charge in [-0.3, -0.25) is 4.79 Å². The van der Waals surface area contributed by atoms with Crippen molar-refractivity contribution in [1.29, 1.82) is 0 Å². The molecule has 0 aliphatic carbocycles. The molecule has 0 saturated heterocycles. The molecule has 3 amide bonds. The second-order valence-electron chi connectivity index (χ2n) is 5.33. The molecule has 1 heterocycles. The van der Waals surface area contributed by atoms with Gasteiger partial charge in [-0.2, -0.15) is 4.98 Å². The lowest BCUT2D eigenvalue weighted by Crippen LogP contribution is -2.45. The molecule has 12 nitrogen and oxygen atoms in total. The summed E-state index contributed by atoms with van der Waals surface area (Å²) in [5.74, 6) is -1.60. The second-order valence-corrected chi connectivity index (χ2v) is 5.33. The molecule has 0 radical (unpaired) electrons. The van der Waals surface area contributed by atoms with Crippen molar-refractivity contribution in [3.63, 3.8) is 0 Å². The van der Waals surface area contributed by atoms with Crippen LogP contribution in [0.5, 0.6) is 0 Å². The van der Waals surface area contributed by atoms with Gasteiger partial charge in [-0.1, -0.05) is 5.16 Å². The third kappa shape index (κ3) is 7.58. The van der Waals surface area contributed by atoms with Crippen molar-refractivity contribution in [1.82, 2.24) is 20.8 Å². The van der Waals surface area contributed by atoms with Gasteiger partial charge >= 0.3 is 12.0 Å². The van der Waals surface area contributed by atoms with Crippen molar-refractivity contribution in [3.05, 3.63) is 11.7 Å². The maximum atomic E-state index is 11.8. The molecule has 25 heavy (non-hydrogen) atoms. The zero-order chi connectivity index (χ0) is 18.8. The number of nitrogens with one attached hydrogen (secondary N) is 2. The number of hydrogen-bond donors (Lipinski definition) is 6. The SMILES string of the molecule is NCCCC[C@H](NC(=O)NCc1nc([C@@H](N)CC(N)=O)no1)C(=O)O. The Hall–Kier alpha value is -2.73. The highest BCUT2D eigenvalue weighted by molar-refractivity contribution is 5.82. The third-order valence-electron chi connectivity index (χ3n) is 3.19. The fourth-order valence-electron chi connectivity index (χ4n) is 1.91. The Labute approximate surface area is 143 Å². The molecule has 0 aliphatic heterocycles. The maximum absolute atomic E-state index is 11.8. The van der Waals surface area contributed by atoms with Crippen molar-refractivity contribution in [3.8, 4) is 0 Å². The Morgan fingerprint density at radius 1 is 1.28 bits per heavy atom. The molecule has 0 fully saturated rings. The van der Waals surface area contributed by atoms with Gasteiger partial charge in [0.1, 0.15) is 6.04 Å². The fourth-order valence-corrected chi connectivity index (χ4v) is 1.91. The van der Waals surface area contributed by atoms with Crippen LogP contribution in [0, 0.1) is 0 Å². The number of unbranched alkanes of at least 4 members (excludes halogenated alkanes) is 1. The number of carbonyl (C=O) groups is 3. The van der Waals surface area contributed by atoms with Crippen LogP contribution in [-0.4, -0.2) is 45.7 Å². The summed E-state index contributed by atoms with van der Waals surface area (Å²) in [6.45, 7) is 0.327. The third-order valence-corrected chi connectivity index (χ3v) is 3.19. The smallest absolute Gasteiger partial charge is 0.326 e. The Morgan fingerprint density at radius 3 is 2.60 bits per heavy atom. The number of hydrogen-bond acceptors (Lipinski definition) is 8. The van der Waals surface area contributed by atoms with Gasteiger partial charge in [0.25, 0.3) is 0 Å². The Morgan fingerprint density at radius 2 is 2.00 bits per heavy atom. The molecule has 1 aromatic rings. The average Bonchev–Trinajstić information content (AvgIpc) is 3.00. The highest BCUT2D eigenvalue weighted by atomic mass is 16.5. The zero-order valence-electron chi connectivity index (χ0n) is 13.6. The predicted molar refractivity (Wildman–Crippen MR) is 84.7 cm³/mol. The number of nitrogens with zero attached hydrogens (tertiary/aromatic N) is 2. The van der Waals surface area contributed by atoms with Gasteiger partial charge in [-0.15, -0.1) is 0 Å². The van der Waals surface area contributed by atoms with Crippen LogP contribution >= 0.6 is 0 Å². The first-order chi connectivity index (χ1) is 11.8. The van der Waals surface area contributed by atoms with E-state index >= 15 is 0 Å². The Kier molecular flexibility index (Phi) is 8.29. The minimum atomic E-state index is -1.13. The van der Waals surface area contributed by atoms with Crippen LogP contribution in [0.1, 0.15) is 43.4 Å². The molecule has 0 bridgehead atoms. The first-order valence-electron chi connectivity index (χ1n) is 7.67. The number of amides is 3. The molecular weight excluding hydrogens is 334 g/mol. The van der Waals surface area contributed by atoms with Crippen LogP contribution in [0.2, 0.25) is 0 Å². The number of urea groups is 1. The van der Waals surface area contributed by atoms with Crippen LogP contribution in [0.3, 0.4) is 0 Å². The van der Waals surface area contributed by atoms with Crippen LogP contribution in [0.25, 0.3) is 0 Å². The molecule has 0 spiro atoms. The number of primary amides is 1. The summed E-state index contributed by atoms with van der Waals surface area (Å²) in [5, 5.41) is 17.4. The number of carboxylic acid groups (broad SMARTS) is 1. The normalized spacial score (nSPS) is 13.0. The van der Waals surface area contributed by atoms with E-state index in [1.807, 2.05) is 0 Å². The van der Waals surface area contributed by atoms with Gasteiger partial charge < -0.3 is 37.5 Å². The van der Waals surface area contributed by atoms with Crippen LogP contribution < -0.4 is 27.8 Å². The lowest BCUT2D eigenvalue weighted by molar-refractivity contribution is -0.139. The first-order valence-corrected chi connectivity index (χ1v) is 7.67. The lowest BCUT2D eigenvalue weighted by Gasteiger charge is -2.14. The van der Waals surface area contributed by atoms with E-state index in [9.17, 15) is 14.4 Å². The largest absolute Gasteiger partial charge is 0.480 e. The molecule has 12 heteroatoms. The van der Waals surface area contributed by atoms with E-state index in [-0.39, 0.29) is 31.1 Å². The number of aliphatic carboxylic acids is 1. The Bertz CT molecular complexity index is 591. The molecule has 0 saturated carbocycles. The summed E-state index contributed by atoms with van der Waals surface area (Å²) in [5.41, 5.74) is 16.0. The predicted octanol–water partition coefficient (Wildman–Crippen LogP) is -1.67. The van der Waals surface area contributed by atoms with Crippen LogP contribution in [0.15, 0.2) is 4.52 Å². The highest BCUT2D eigenvalue weighted by Gasteiger charge is 2.20. The van der Waals surface area contributed by atoms with Gasteiger partial charge in [0, 0.05) is 6.42 Å². The molecular formula is C13H23N7O5. The van der Waals surface area contributed by atoms with E-state index in [1.165, 1.54) is 0 Å². The van der Waals surface area contributed by atoms with E-state index < -0.39 is 30.0 Å².